The number of benzene rings is 1. The summed E-state index contributed by atoms with van der Waals surface area (Å²) in [4.78, 5) is 23.2. The molecule has 0 bridgehead atoms. The van der Waals surface area contributed by atoms with Crippen LogP contribution in [0.25, 0.3) is 0 Å². The minimum absolute atomic E-state index is 0.108. The minimum Gasteiger partial charge on any atom is -0.475 e. The number of aromatic carboxylic acids is 1. The Balaban J connectivity index is 2.19. The molecule has 23 heavy (non-hydrogen) atoms. The van der Waals surface area contributed by atoms with Gasteiger partial charge in [0.1, 0.15) is 5.82 Å². The molecule has 122 valence electrons. The molecule has 0 saturated heterocycles. The molecule has 6 nitrogen and oxygen atoms in total. The summed E-state index contributed by atoms with van der Waals surface area (Å²) in [5, 5.41) is 11.6. The summed E-state index contributed by atoms with van der Waals surface area (Å²) in [5.41, 5.74) is 1.01. The molecule has 0 saturated carbocycles. The lowest BCUT2D eigenvalue weighted by Gasteiger charge is -2.17. The van der Waals surface area contributed by atoms with Gasteiger partial charge in [-0.05, 0) is 30.7 Å². The van der Waals surface area contributed by atoms with Crippen LogP contribution in [0.3, 0.4) is 0 Å². The fourth-order valence-electron chi connectivity index (χ4n) is 2.12. The summed E-state index contributed by atoms with van der Waals surface area (Å²) in [6.07, 6.45) is 0. The summed E-state index contributed by atoms with van der Waals surface area (Å²) >= 11 is 0. The van der Waals surface area contributed by atoms with Gasteiger partial charge in [-0.1, -0.05) is 12.1 Å². The Morgan fingerprint density at radius 3 is 2.52 bits per heavy atom. The lowest BCUT2D eigenvalue weighted by Crippen LogP contribution is -2.31. The van der Waals surface area contributed by atoms with Crippen LogP contribution in [0.4, 0.5) is 4.39 Å². The van der Waals surface area contributed by atoms with Gasteiger partial charge < -0.3 is 19.6 Å². The second-order valence-corrected chi connectivity index (χ2v) is 4.96. The third-order valence-electron chi connectivity index (χ3n) is 3.25. The number of hydrogen-bond donors (Lipinski definition) is 2. The normalized spacial score (nSPS) is 12.0. The zero-order valence-corrected chi connectivity index (χ0v) is 12.6. The molecule has 0 aliphatic heterocycles. The van der Waals surface area contributed by atoms with E-state index in [1.165, 1.54) is 44.4 Å². The Bertz CT molecular complexity index is 708. The van der Waals surface area contributed by atoms with Gasteiger partial charge in [-0.15, -0.1) is 0 Å². The van der Waals surface area contributed by atoms with E-state index in [1.807, 2.05) is 0 Å². The first kappa shape index (κ1) is 16.7. The molecule has 1 aromatic heterocycles. The van der Waals surface area contributed by atoms with Gasteiger partial charge in [0.25, 0.3) is 5.91 Å². The number of carboxylic acids is 1. The van der Waals surface area contributed by atoms with E-state index < -0.39 is 17.9 Å². The average Bonchev–Trinajstić information content (AvgIpc) is 2.90. The van der Waals surface area contributed by atoms with E-state index in [9.17, 15) is 14.0 Å². The number of rotatable bonds is 6. The Hall–Kier alpha value is -2.67. The minimum atomic E-state index is -1.24. The molecule has 1 amide bonds. The topological polar surface area (TPSA) is 88.8 Å². The van der Waals surface area contributed by atoms with E-state index in [2.05, 4.69) is 5.32 Å². The molecule has 1 heterocycles. The molecular weight excluding hydrogens is 305 g/mol. The lowest BCUT2D eigenvalue weighted by molar-refractivity contribution is 0.0657. The summed E-state index contributed by atoms with van der Waals surface area (Å²) in [5.74, 6) is -2.59. The van der Waals surface area contributed by atoms with Crippen molar-refractivity contribution in [3.8, 4) is 0 Å². The first-order valence-electron chi connectivity index (χ1n) is 6.81. The van der Waals surface area contributed by atoms with Crippen molar-refractivity contribution in [2.24, 2.45) is 0 Å². The van der Waals surface area contributed by atoms with Crippen LogP contribution in [0.15, 0.2) is 34.7 Å². The van der Waals surface area contributed by atoms with Gasteiger partial charge in [-0.25, -0.2) is 9.18 Å². The van der Waals surface area contributed by atoms with Gasteiger partial charge >= 0.3 is 5.97 Å². The summed E-state index contributed by atoms with van der Waals surface area (Å²) < 4.78 is 23.1. The van der Waals surface area contributed by atoms with E-state index in [4.69, 9.17) is 14.3 Å². The van der Waals surface area contributed by atoms with E-state index in [1.54, 1.807) is 0 Å². The number of carboxylic acid groups (broad SMARTS) is 1. The maximum absolute atomic E-state index is 13.0. The van der Waals surface area contributed by atoms with Gasteiger partial charge in [0.15, 0.2) is 5.76 Å². The molecule has 1 aromatic carbocycles. The second-order valence-electron chi connectivity index (χ2n) is 4.96. The van der Waals surface area contributed by atoms with Crippen molar-refractivity contribution < 1.29 is 28.2 Å². The van der Waals surface area contributed by atoms with Gasteiger partial charge in [0.2, 0.25) is 5.76 Å². The van der Waals surface area contributed by atoms with Crippen molar-refractivity contribution in [1.82, 2.24) is 5.32 Å². The Kier molecular flexibility index (Phi) is 5.13. The van der Waals surface area contributed by atoms with E-state index in [0.717, 1.165) is 0 Å². The summed E-state index contributed by atoms with van der Waals surface area (Å²) in [6.45, 7) is 1.71. The van der Waals surface area contributed by atoms with Gasteiger partial charge in [0.05, 0.1) is 12.6 Å². The number of hydrogen-bond acceptors (Lipinski definition) is 4. The summed E-state index contributed by atoms with van der Waals surface area (Å²) in [7, 11) is 1.47. The highest BCUT2D eigenvalue weighted by Crippen LogP contribution is 2.18. The van der Waals surface area contributed by atoms with Crippen molar-refractivity contribution in [3.63, 3.8) is 0 Å². The zero-order valence-electron chi connectivity index (χ0n) is 12.6. The molecule has 1 atom stereocenters. The van der Waals surface area contributed by atoms with Crippen LogP contribution in [0.1, 0.15) is 38.3 Å². The zero-order chi connectivity index (χ0) is 17.0. The third kappa shape index (κ3) is 3.95. The number of aryl methyl sites for hydroxylation is 1. The van der Waals surface area contributed by atoms with Crippen LogP contribution in [0.2, 0.25) is 0 Å². The standard InChI is InChI=1S/C16H16FNO5/c1-9-7-13(23-14(9)16(20)21)15(19)18-12(8-22-2)10-3-5-11(17)6-4-10/h3-7,12H,8H2,1-2H3,(H,18,19)(H,20,21). The fourth-order valence-corrected chi connectivity index (χ4v) is 2.12. The Morgan fingerprint density at radius 1 is 1.35 bits per heavy atom. The molecule has 0 aliphatic rings. The van der Waals surface area contributed by atoms with Crippen molar-refractivity contribution >= 4 is 11.9 Å². The van der Waals surface area contributed by atoms with E-state index in [-0.39, 0.29) is 23.9 Å². The predicted molar refractivity (Wildman–Crippen MR) is 78.9 cm³/mol. The SMILES string of the molecule is COCC(NC(=O)c1cc(C)c(C(=O)O)o1)c1ccc(F)cc1. The number of carbonyl (C=O) groups excluding carboxylic acids is 1. The highest BCUT2D eigenvalue weighted by atomic mass is 19.1. The van der Waals surface area contributed by atoms with Crippen LogP contribution < -0.4 is 5.32 Å². The number of halogens is 1. The van der Waals surface area contributed by atoms with Crippen molar-refractivity contribution in [2.45, 2.75) is 13.0 Å². The number of ether oxygens (including phenoxy) is 1. The number of amides is 1. The Labute approximate surface area is 131 Å². The highest BCUT2D eigenvalue weighted by molar-refractivity contribution is 5.94. The smallest absolute Gasteiger partial charge is 0.372 e. The largest absolute Gasteiger partial charge is 0.475 e. The second kappa shape index (κ2) is 7.06. The van der Waals surface area contributed by atoms with Crippen molar-refractivity contribution in [2.75, 3.05) is 13.7 Å². The van der Waals surface area contributed by atoms with Crippen LogP contribution in [-0.4, -0.2) is 30.7 Å². The predicted octanol–water partition coefficient (Wildman–Crippen LogP) is 2.54. The van der Waals surface area contributed by atoms with Gasteiger partial charge in [-0.3, -0.25) is 4.79 Å². The third-order valence-corrected chi connectivity index (χ3v) is 3.25. The molecule has 2 rings (SSSR count). The average molecular weight is 321 g/mol. The quantitative estimate of drug-likeness (QED) is 0.853. The number of methoxy groups -OCH3 is 1. The van der Waals surface area contributed by atoms with Crippen LogP contribution in [0, 0.1) is 12.7 Å². The highest BCUT2D eigenvalue weighted by Gasteiger charge is 2.22. The molecule has 2 aromatic rings. The van der Waals surface area contributed by atoms with Crippen LogP contribution >= 0.6 is 0 Å². The molecule has 0 fully saturated rings. The molecule has 2 N–H and O–H groups in total. The first-order valence-corrected chi connectivity index (χ1v) is 6.81. The monoisotopic (exact) mass is 321 g/mol. The molecule has 1 unspecified atom stereocenters. The van der Waals surface area contributed by atoms with E-state index in [0.29, 0.717) is 11.1 Å². The molecule has 0 aliphatic carbocycles. The Morgan fingerprint density at radius 2 is 2.00 bits per heavy atom. The first-order chi connectivity index (χ1) is 10.9. The lowest BCUT2D eigenvalue weighted by atomic mass is 10.1. The maximum Gasteiger partial charge on any atom is 0.372 e. The molecular formula is C16H16FNO5. The van der Waals surface area contributed by atoms with Gasteiger partial charge in [-0.2, -0.15) is 0 Å². The maximum atomic E-state index is 13.0. The molecule has 7 heteroatoms. The number of furan rings is 1. The summed E-state index contributed by atoms with van der Waals surface area (Å²) in [6, 6.07) is 6.47. The molecule has 0 radical (unpaired) electrons. The van der Waals surface area contributed by atoms with Crippen LogP contribution in [0.5, 0.6) is 0 Å². The number of carbonyl (C=O) groups is 2. The number of nitrogens with one attached hydrogen (secondary N) is 1. The van der Waals surface area contributed by atoms with Crippen molar-refractivity contribution in [1.29, 1.82) is 0 Å². The molecule has 0 spiro atoms. The van der Waals surface area contributed by atoms with Crippen LogP contribution in [-0.2, 0) is 4.74 Å². The van der Waals surface area contributed by atoms with Crippen molar-refractivity contribution in [3.05, 3.63) is 58.8 Å². The van der Waals surface area contributed by atoms with E-state index >= 15 is 0 Å². The fraction of sp³-hybridized carbons (Fsp3) is 0.250. The van der Waals surface area contributed by atoms with Gasteiger partial charge in [0, 0.05) is 12.7 Å².